The molecule has 0 saturated carbocycles. The van der Waals surface area contributed by atoms with Gasteiger partial charge < -0.3 is 4.74 Å². The molecule has 0 aromatic carbocycles. The summed E-state index contributed by atoms with van der Waals surface area (Å²) in [7, 11) is 1.68. The molecule has 0 amide bonds. The minimum atomic E-state index is 0.928. The van der Waals surface area contributed by atoms with Crippen LogP contribution in [0, 0.1) is 6.92 Å². The SMILES string of the molecule is CCc1cc(OC)c(C)cn1. The van der Waals surface area contributed by atoms with Gasteiger partial charge in [-0.2, -0.15) is 0 Å². The lowest BCUT2D eigenvalue weighted by Gasteiger charge is -2.04. The minimum Gasteiger partial charge on any atom is -0.496 e. The molecule has 1 aromatic heterocycles. The maximum atomic E-state index is 5.15. The molecule has 0 atom stereocenters. The van der Waals surface area contributed by atoms with Crippen LogP contribution in [0.4, 0.5) is 0 Å². The second-order valence-electron chi connectivity index (χ2n) is 2.50. The summed E-state index contributed by atoms with van der Waals surface area (Å²) in [5.41, 5.74) is 2.16. The third kappa shape index (κ3) is 1.70. The molecule has 1 rings (SSSR count). The van der Waals surface area contributed by atoms with Crippen LogP contribution < -0.4 is 4.74 Å². The van der Waals surface area contributed by atoms with Crippen molar-refractivity contribution in [2.75, 3.05) is 7.11 Å². The number of hydrogen-bond donors (Lipinski definition) is 0. The fourth-order valence-electron chi connectivity index (χ4n) is 0.959. The molecule has 0 aliphatic heterocycles. The van der Waals surface area contributed by atoms with Crippen molar-refractivity contribution in [1.29, 1.82) is 0 Å². The maximum absolute atomic E-state index is 5.15. The molecule has 0 N–H and O–H groups in total. The van der Waals surface area contributed by atoms with E-state index < -0.39 is 0 Å². The van der Waals surface area contributed by atoms with Gasteiger partial charge in [-0.05, 0) is 13.3 Å². The first kappa shape index (κ1) is 8.05. The minimum absolute atomic E-state index is 0.928. The number of aryl methyl sites for hydroxylation is 2. The van der Waals surface area contributed by atoms with Crippen LogP contribution in [-0.4, -0.2) is 12.1 Å². The Labute approximate surface area is 67.2 Å². The summed E-state index contributed by atoms with van der Waals surface area (Å²) >= 11 is 0. The van der Waals surface area contributed by atoms with Crippen LogP contribution in [0.25, 0.3) is 0 Å². The summed E-state index contributed by atoms with van der Waals surface area (Å²) in [6.07, 6.45) is 2.80. The molecule has 0 spiro atoms. The van der Waals surface area contributed by atoms with E-state index in [4.69, 9.17) is 4.74 Å². The van der Waals surface area contributed by atoms with Gasteiger partial charge in [0.05, 0.1) is 7.11 Å². The lowest BCUT2D eigenvalue weighted by molar-refractivity contribution is 0.410. The molecule has 1 heterocycles. The van der Waals surface area contributed by atoms with E-state index in [2.05, 4.69) is 11.9 Å². The first-order chi connectivity index (χ1) is 5.27. The second kappa shape index (κ2) is 3.37. The molecule has 0 aliphatic carbocycles. The Kier molecular flexibility index (Phi) is 2.47. The van der Waals surface area contributed by atoms with Crippen molar-refractivity contribution in [2.24, 2.45) is 0 Å². The standard InChI is InChI=1S/C9H13NO/c1-4-8-5-9(11-3)7(2)6-10-8/h5-6H,4H2,1-3H3. The van der Waals surface area contributed by atoms with Gasteiger partial charge in [-0.1, -0.05) is 6.92 Å². The van der Waals surface area contributed by atoms with E-state index in [-0.39, 0.29) is 0 Å². The molecular formula is C9H13NO. The average Bonchev–Trinajstić information content (AvgIpc) is 2.05. The molecule has 60 valence electrons. The Morgan fingerprint density at radius 3 is 2.82 bits per heavy atom. The molecule has 0 fully saturated rings. The molecule has 0 radical (unpaired) electrons. The molecule has 1 aromatic rings. The Hall–Kier alpha value is -1.05. The van der Waals surface area contributed by atoms with E-state index in [9.17, 15) is 0 Å². The molecule has 2 nitrogen and oxygen atoms in total. The highest BCUT2D eigenvalue weighted by atomic mass is 16.5. The van der Waals surface area contributed by atoms with Gasteiger partial charge in [0.1, 0.15) is 5.75 Å². The fraction of sp³-hybridized carbons (Fsp3) is 0.444. The van der Waals surface area contributed by atoms with Crippen molar-refractivity contribution in [3.05, 3.63) is 23.5 Å². The van der Waals surface area contributed by atoms with Crippen LogP contribution in [0.2, 0.25) is 0 Å². The predicted molar refractivity (Wildman–Crippen MR) is 44.9 cm³/mol. The molecular weight excluding hydrogens is 138 g/mol. The normalized spacial score (nSPS) is 9.73. The van der Waals surface area contributed by atoms with E-state index in [1.165, 1.54) is 0 Å². The van der Waals surface area contributed by atoms with E-state index in [0.29, 0.717) is 0 Å². The zero-order valence-corrected chi connectivity index (χ0v) is 7.22. The van der Waals surface area contributed by atoms with Gasteiger partial charge in [0.25, 0.3) is 0 Å². The zero-order chi connectivity index (χ0) is 8.27. The predicted octanol–water partition coefficient (Wildman–Crippen LogP) is 1.96. The van der Waals surface area contributed by atoms with Crippen molar-refractivity contribution in [1.82, 2.24) is 4.98 Å². The lowest BCUT2D eigenvalue weighted by Crippen LogP contribution is -1.92. The Morgan fingerprint density at radius 1 is 1.55 bits per heavy atom. The van der Waals surface area contributed by atoms with Crippen LogP contribution in [0.5, 0.6) is 5.75 Å². The highest BCUT2D eigenvalue weighted by Gasteiger charge is 1.98. The van der Waals surface area contributed by atoms with Crippen molar-refractivity contribution in [2.45, 2.75) is 20.3 Å². The van der Waals surface area contributed by atoms with E-state index in [0.717, 1.165) is 23.4 Å². The number of nitrogens with zero attached hydrogens (tertiary/aromatic N) is 1. The third-order valence-corrected chi connectivity index (χ3v) is 1.69. The number of hydrogen-bond acceptors (Lipinski definition) is 2. The largest absolute Gasteiger partial charge is 0.496 e. The van der Waals surface area contributed by atoms with Crippen molar-refractivity contribution < 1.29 is 4.74 Å². The van der Waals surface area contributed by atoms with Crippen molar-refractivity contribution in [3.8, 4) is 5.75 Å². The Bertz CT molecular complexity index is 245. The zero-order valence-electron chi connectivity index (χ0n) is 7.22. The summed E-state index contributed by atoms with van der Waals surface area (Å²) in [4.78, 5) is 4.23. The lowest BCUT2D eigenvalue weighted by atomic mass is 10.2. The van der Waals surface area contributed by atoms with Gasteiger partial charge in [0, 0.05) is 23.5 Å². The monoisotopic (exact) mass is 151 g/mol. The average molecular weight is 151 g/mol. The molecule has 0 saturated heterocycles. The van der Waals surface area contributed by atoms with Gasteiger partial charge in [-0.15, -0.1) is 0 Å². The number of ether oxygens (including phenoxy) is 1. The first-order valence-corrected chi connectivity index (χ1v) is 3.77. The smallest absolute Gasteiger partial charge is 0.125 e. The topological polar surface area (TPSA) is 22.1 Å². The molecule has 11 heavy (non-hydrogen) atoms. The van der Waals surface area contributed by atoms with Gasteiger partial charge in [0.15, 0.2) is 0 Å². The van der Waals surface area contributed by atoms with Crippen LogP contribution in [-0.2, 0) is 6.42 Å². The van der Waals surface area contributed by atoms with E-state index >= 15 is 0 Å². The summed E-state index contributed by atoms with van der Waals surface area (Å²) < 4.78 is 5.15. The number of pyridine rings is 1. The van der Waals surface area contributed by atoms with E-state index in [1.807, 2.05) is 19.2 Å². The highest BCUT2D eigenvalue weighted by Crippen LogP contribution is 2.16. The summed E-state index contributed by atoms with van der Waals surface area (Å²) in [5, 5.41) is 0. The first-order valence-electron chi connectivity index (χ1n) is 3.77. The Morgan fingerprint density at radius 2 is 2.27 bits per heavy atom. The number of methoxy groups -OCH3 is 1. The van der Waals surface area contributed by atoms with Crippen molar-refractivity contribution in [3.63, 3.8) is 0 Å². The van der Waals surface area contributed by atoms with Crippen LogP contribution in [0.1, 0.15) is 18.2 Å². The van der Waals surface area contributed by atoms with Gasteiger partial charge in [-0.3, -0.25) is 4.98 Å². The molecule has 0 aliphatic rings. The van der Waals surface area contributed by atoms with Crippen LogP contribution >= 0.6 is 0 Å². The van der Waals surface area contributed by atoms with Gasteiger partial charge in [0.2, 0.25) is 0 Å². The Balaban J connectivity index is 3.02. The van der Waals surface area contributed by atoms with Crippen LogP contribution in [0.15, 0.2) is 12.3 Å². The van der Waals surface area contributed by atoms with Gasteiger partial charge >= 0.3 is 0 Å². The molecule has 0 unspecified atom stereocenters. The van der Waals surface area contributed by atoms with Gasteiger partial charge in [-0.25, -0.2) is 0 Å². The summed E-state index contributed by atoms with van der Waals surface area (Å²) in [5.74, 6) is 0.928. The van der Waals surface area contributed by atoms with Crippen LogP contribution in [0.3, 0.4) is 0 Å². The quantitative estimate of drug-likeness (QED) is 0.644. The number of aromatic nitrogens is 1. The fourth-order valence-corrected chi connectivity index (χ4v) is 0.959. The maximum Gasteiger partial charge on any atom is 0.125 e. The van der Waals surface area contributed by atoms with Crippen molar-refractivity contribution >= 4 is 0 Å². The summed E-state index contributed by atoms with van der Waals surface area (Å²) in [6, 6.07) is 1.98. The summed E-state index contributed by atoms with van der Waals surface area (Å²) in [6.45, 7) is 4.07. The second-order valence-corrected chi connectivity index (χ2v) is 2.50. The van der Waals surface area contributed by atoms with E-state index in [1.54, 1.807) is 7.11 Å². The number of rotatable bonds is 2. The highest BCUT2D eigenvalue weighted by molar-refractivity contribution is 5.31. The third-order valence-electron chi connectivity index (χ3n) is 1.69. The molecule has 0 bridgehead atoms. The molecule has 2 heteroatoms.